The topological polar surface area (TPSA) is 75.7 Å². The lowest BCUT2D eigenvalue weighted by Crippen LogP contribution is -2.46. The lowest BCUT2D eigenvalue weighted by atomic mass is 10.0. The summed E-state index contributed by atoms with van der Waals surface area (Å²) in [6, 6.07) is 13.6. The molecule has 1 N–H and O–H groups in total. The number of sulfonamides is 1. The number of ether oxygens (including phenoxy) is 1. The molecule has 6 nitrogen and oxygen atoms in total. The summed E-state index contributed by atoms with van der Waals surface area (Å²) in [5, 5.41) is 0. The van der Waals surface area contributed by atoms with Crippen molar-refractivity contribution in [1.82, 2.24) is 9.62 Å². The summed E-state index contributed by atoms with van der Waals surface area (Å²) >= 11 is 0. The Hall–Kier alpha value is -2.38. The molecule has 1 heterocycles. The number of piperidine rings is 1. The minimum absolute atomic E-state index is 0.0440. The van der Waals surface area contributed by atoms with Gasteiger partial charge in [0.05, 0.1) is 12.0 Å². The molecule has 1 aliphatic heterocycles. The van der Waals surface area contributed by atoms with Crippen LogP contribution in [0, 0.1) is 6.92 Å². The Bertz CT molecular complexity index is 885. The van der Waals surface area contributed by atoms with E-state index in [1.165, 1.54) is 0 Å². The normalized spacial score (nSPS) is 15.6. The van der Waals surface area contributed by atoms with Crippen LogP contribution in [0.4, 0.5) is 0 Å². The molecule has 0 aromatic heterocycles. The highest BCUT2D eigenvalue weighted by Crippen LogP contribution is 2.19. The van der Waals surface area contributed by atoms with Crippen LogP contribution in [0.15, 0.2) is 53.4 Å². The lowest BCUT2D eigenvalue weighted by Gasteiger charge is -2.32. The Morgan fingerprint density at radius 1 is 1.04 bits per heavy atom. The van der Waals surface area contributed by atoms with Gasteiger partial charge in [-0.25, -0.2) is 13.1 Å². The Morgan fingerprint density at radius 3 is 2.19 bits per heavy atom. The Balaban J connectivity index is 1.58. The van der Waals surface area contributed by atoms with Crippen LogP contribution in [0.2, 0.25) is 0 Å². The average Bonchev–Trinajstić information content (AvgIpc) is 2.68. The van der Waals surface area contributed by atoms with Crippen molar-refractivity contribution in [3.8, 4) is 5.75 Å². The molecule has 0 bridgehead atoms. The summed E-state index contributed by atoms with van der Waals surface area (Å²) in [4.78, 5) is 14.6. The van der Waals surface area contributed by atoms with Gasteiger partial charge in [0.1, 0.15) is 5.75 Å². The molecule has 144 valence electrons. The van der Waals surface area contributed by atoms with Gasteiger partial charge in [0.15, 0.2) is 0 Å². The number of hydrogen-bond donors (Lipinski definition) is 1. The molecule has 27 heavy (non-hydrogen) atoms. The van der Waals surface area contributed by atoms with Crippen LogP contribution in [-0.2, 0) is 10.0 Å². The van der Waals surface area contributed by atoms with E-state index < -0.39 is 10.0 Å². The maximum Gasteiger partial charge on any atom is 0.253 e. The lowest BCUT2D eigenvalue weighted by molar-refractivity contribution is 0.0711. The Labute approximate surface area is 160 Å². The van der Waals surface area contributed by atoms with Crippen LogP contribution in [0.3, 0.4) is 0 Å². The molecule has 2 aromatic carbocycles. The SMILES string of the molecule is COc1ccc(C(=O)N2CCC(NS(=O)(=O)c3ccc(C)cc3)CC2)cc1. The third-order valence-electron chi connectivity index (χ3n) is 4.77. The second-order valence-corrected chi connectivity index (χ2v) is 8.44. The highest BCUT2D eigenvalue weighted by atomic mass is 32.2. The van der Waals surface area contributed by atoms with Crippen molar-refractivity contribution >= 4 is 15.9 Å². The van der Waals surface area contributed by atoms with Crippen LogP contribution in [0.25, 0.3) is 0 Å². The first-order valence-corrected chi connectivity index (χ1v) is 10.4. The molecule has 1 amide bonds. The van der Waals surface area contributed by atoms with Crippen LogP contribution < -0.4 is 9.46 Å². The average molecular weight is 388 g/mol. The second kappa shape index (κ2) is 8.10. The molecule has 0 aliphatic carbocycles. The summed E-state index contributed by atoms with van der Waals surface area (Å²) in [5.74, 6) is 0.660. The van der Waals surface area contributed by atoms with Crippen molar-refractivity contribution in [3.63, 3.8) is 0 Å². The number of carbonyl (C=O) groups excluding carboxylic acids is 1. The number of likely N-dealkylation sites (tertiary alicyclic amines) is 1. The molecular weight excluding hydrogens is 364 g/mol. The number of carbonyl (C=O) groups is 1. The predicted octanol–water partition coefficient (Wildman–Crippen LogP) is 2.59. The maximum absolute atomic E-state index is 12.6. The zero-order chi connectivity index (χ0) is 19.4. The highest BCUT2D eigenvalue weighted by Gasteiger charge is 2.27. The van der Waals surface area contributed by atoms with E-state index in [4.69, 9.17) is 4.74 Å². The molecular formula is C20H24N2O4S. The predicted molar refractivity (Wildman–Crippen MR) is 103 cm³/mol. The summed E-state index contributed by atoms with van der Waals surface area (Å²) in [5.41, 5.74) is 1.62. The quantitative estimate of drug-likeness (QED) is 0.854. The third kappa shape index (κ3) is 4.67. The number of rotatable bonds is 5. The van der Waals surface area contributed by atoms with E-state index in [0.717, 1.165) is 5.56 Å². The van der Waals surface area contributed by atoms with Crippen molar-refractivity contribution in [3.05, 3.63) is 59.7 Å². The number of aryl methyl sites for hydroxylation is 1. The van der Waals surface area contributed by atoms with Crippen LogP contribution in [0.1, 0.15) is 28.8 Å². The van der Waals surface area contributed by atoms with Gasteiger partial charge in [-0.3, -0.25) is 4.79 Å². The summed E-state index contributed by atoms with van der Waals surface area (Å²) in [6.07, 6.45) is 1.18. The van der Waals surface area contributed by atoms with E-state index >= 15 is 0 Å². The molecule has 0 atom stereocenters. The van der Waals surface area contributed by atoms with Gasteiger partial charge in [-0.05, 0) is 56.2 Å². The van der Waals surface area contributed by atoms with Gasteiger partial charge in [0.2, 0.25) is 10.0 Å². The number of methoxy groups -OCH3 is 1. The fraction of sp³-hybridized carbons (Fsp3) is 0.350. The van der Waals surface area contributed by atoms with Crippen molar-refractivity contribution in [1.29, 1.82) is 0 Å². The van der Waals surface area contributed by atoms with E-state index in [0.29, 0.717) is 37.2 Å². The molecule has 3 rings (SSSR count). The third-order valence-corrected chi connectivity index (χ3v) is 6.31. The van der Waals surface area contributed by atoms with Crippen LogP contribution >= 0.6 is 0 Å². The van der Waals surface area contributed by atoms with E-state index in [9.17, 15) is 13.2 Å². The highest BCUT2D eigenvalue weighted by molar-refractivity contribution is 7.89. The van der Waals surface area contributed by atoms with Gasteiger partial charge >= 0.3 is 0 Å². The number of hydrogen-bond acceptors (Lipinski definition) is 4. The van der Waals surface area contributed by atoms with E-state index in [2.05, 4.69) is 4.72 Å². The van der Waals surface area contributed by atoms with Crippen LogP contribution in [0.5, 0.6) is 5.75 Å². The zero-order valence-electron chi connectivity index (χ0n) is 15.5. The monoisotopic (exact) mass is 388 g/mol. The number of amides is 1. The summed E-state index contributed by atoms with van der Waals surface area (Å²) < 4.78 is 32.9. The molecule has 1 saturated heterocycles. The van der Waals surface area contributed by atoms with Crippen LogP contribution in [-0.4, -0.2) is 45.5 Å². The van der Waals surface area contributed by atoms with E-state index in [1.807, 2.05) is 6.92 Å². The van der Waals surface area contributed by atoms with Gasteiger partial charge in [-0.2, -0.15) is 0 Å². The molecule has 2 aromatic rings. The Kier molecular flexibility index (Phi) is 5.82. The smallest absolute Gasteiger partial charge is 0.253 e. The molecule has 0 saturated carbocycles. The van der Waals surface area contributed by atoms with Crippen molar-refractivity contribution in [2.75, 3.05) is 20.2 Å². The minimum Gasteiger partial charge on any atom is -0.497 e. The number of nitrogens with one attached hydrogen (secondary N) is 1. The summed E-state index contributed by atoms with van der Waals surface area (Å²) in [6.45, 7) is 2.96. The first kappa shape index (κ1) is 19.4. The minimum atomic E-state index is -3.54. The first-order chi connectivity index (χ1) is 12.9. The standard InChI is InChI=1S/C20H24N2O4S/c1-15-3-9-19(10-4-15)27(24,25)21-17-11-13-22(14-12-17)20(23)16-5-7-18(26-2)8-6-16/h3-10,17,21H,11-14H2,1-2H3. The van der Waals surface area contributed by atoms with E-state index in [-0.39, 0.29) is 16.8 Å². The fourth-order valence-electron chi connectivity index (χ4n) is 3.12. The van der Waals surface area contributed by atoms with Gasteiger partial charge in [-0.1, -0.05) is 17.7 Å². The van der Waals surface area contributed by atoms with Gasteiger partial charge in [-0.15, -0.1) is 0 Å². The molecule has 0 unspecified atom stereocenters. The Morgan fingerprint density at radius 2 is 1.63 bits per heavy atom. The molecule has 1 aliphatic rings. The molecule has 7 heteroatoms. The van der Waals surface area contributed by atoms with Gasteiger partial charge in [0, 0.05) is 24.7 Å². The van der Waals surface area contributed by atoms with Gasteiger partial charge in [0.25, 0.3) is 5.91 Å². The summed E-state index contributed by atoms with van der Waals surface area (Å²) in [7, 11) is -1.96. The number of benzene rings is 2. The van der Waals surface area contributed by atoms with E-state index in [1.54, 1.807) is 60.5 Å². The van der Waals surface area contributed by atoms with Crippen molar-refractivity contribution in [2.45, 2.75) is 30.7 Å². The fourth-order valence-corrected chi connectivity index (χ4v) is 4.43. The molecule has 0 radical (unpaired) electrons. The molecule has 0 spiro atoms. The first-order valence-electron chi connectivity index (χ1n) is 8.91. The second-order valence-electron chi connectivity index (χ2n) is 6.73. The van der Waals surface area contributed by atoms with Crippen molar-refractivity contribution in [2.24, 2.45) is 0 Å². The zero-order valence-corrected chi connectivity index (χ0v) is 16.3. The number of nitrogens with zero attached hydrogens (tertiary/aromatic N) is 1. The van der Waals surface area contributed by atoms with Gasteiger partial charge < -0.3 is 9.64 Å². The van der Waals surface area contributed by atoms with Crippen molar-refractivity contribution < 1.29 is 17.9 Å². The molecule has 1 fully saturated rings. The largest absolute Gasteiger partial charge is 0.497 e. The maximum atomic E-state index is 12.6.